The molecule has 1 fully saturated rings. The lowest BCUT2D eigenvalue weighted by Crippen LogP contribution is -2.38. The molecule has 0 heterocycles. The molecule has 1 heteroatoms. The Morgan fingerprint density at radius 3 is 2.72 bits per heavy atom. The van der Waals surface area contributed by atoms with E-state index in [0.717, 1.165) is 11.8 Å². The van der Waals surface area contributed by atoms with E-state index in [1.807, 2.05) is 0 Å². The van der Waals surface area contributed by atoms with Gasteiger partial charge in [-0.15, -0.1) is 0 Å². The predicted molar refractivity (Wildman–Crippen MR) is 79.8 cm³/mol. The van der Waals surface area contributed by atoms with Crippen molar-refractivity contribution >= 4 is 0 Å². The van der Waals surface area contributed by atoms with Crippen molar-refractivity contribution in [2.24, 2.45) is 11.8 Å². The maximum absolute atomic E-state index is 3.64. The minimum Gasteiger partial charge on any atom is -0.313 e. The summed E-state index contributed by atoms with van der Waals surface area (Å²) in [5.74, 6) is 1.83. The third-order valence-corrected chi connectivity index (χ3v) is 4.98. The third kappa shape index (κ3) is 3.85. The zero-order valence-electron chi connectivity index (χ0n) is 12.4. The van der Waals surface area contributed by atoms with Gasteiger partial charge in [0.05, 0.1) is 0 Å². The number of rotatable bonds is 3. The Bertz CT molecular complexity index is 269. The molecule has 0 radical (unpaired) electrons. The Morgan fingerprint density at radius 2 is 1.94 bits per heavy atom. The normalized spacial score (nSPS) is 32.2. The molecule has 2 aliphatic rings. The fraction of sp³-hybridized carbons (Fsp3) is 0.882. The molecule has 0 aromatic heterocycles. The molecule has 1 N–H and O–H groups in total. The van der Waals surface area contributed by atoms with Crippen molar-refractivity contribution < 1.29 is 0 Å². The fourth-order valence-electron chi connectivity index (χ4n) is 4.01. The summed E-state index contributed by atoms with van der Waals surface area (Å²) in [6.45, 7) is 2.44. The summed E-state index contributed by atoms with van der Waals surface area (Å²) in [4.78, 5) is 0. The Kier molecular flexibility index (Phi) is 5.75. The smallest absolute Gasteiger partial charge is 0.0305 e. The van der Waals surface area contributed by atoms with Gasteiger partial charge in [-0.3, -0.25) is 0 Å². The second kappa shape index (κ2) is 7.33. The highest BCUT2D eigenvalue weighted by Gasteiger charge is 2.27. The van der Waals surface area contributed by atoms with Gasteiger partial charge in [0.15, 0.2) is 0 Å². The molecular formula is C17H31N. The third-order valence-electron chi connectivity index (χ3n) is 4.98. The zero-order chi connectivity index (χ0) is 12.8. The highest BCUT2D eigenvalue weighted by Crippen LogP contribution is 2.34. The Labute approximate surface area is 113 Å². The average molecular weight is 249 g/mol. The van der Waals surface area contributed by atoms with Crippen LogP contribution in [0.3, 0.4) is 0 Å². The van der Waals surface area contributed by atoms with E-state index in [0.29, 0.717) is 6.04 Å². The lowest BCUT2D eigenvalue weighted by Gasteiger charge is -2.35. The second-order valence-corrected chi connectivity index (χ2v) is 6.53. The monoisotopic (exact) mass is 249 g/mol. The number of allylic oxidation sites excluding steroid dienone is 1. The molecule has 0 aliphatic heterocycles. The standard InChI is InChI=1S/C17H31N/c1-14-9-8-12-16(13-14)17(18-2)15-10-6-4-3-5-7-11-15/h10,14,16-18H,3-9,11-13H2,1-2H3. The molecule has 0 saturated heterocycles. The van der Waals surface area contributed by atoms with Gasteiger partial charge >= 0.3 is 0 Å². The van der Waals surface area contributed by atoms with E-state index in [9.17, 15) is 0 Å². The molecule has 1 nitrogen and oxygen atoms in total. The van der Waals surface area contributed by atoms with E-state index >= 15 is 0 Å². The van der Waals surface area contributed by atoms with Crippen LogP contribution in [0.15, 0.2) is 11.6 Å². The summed E-state index contributed by atoms with van der Waals surface area (Å²) >= 11 is 0. The highest BCUT2D eigenvalue weighted by molar-refractivity contribution is 5.13. The number of likely N-dealkylation sites (N-methyl/N-ethyl adjacent to an activating group) is 1. The number of hydrogen-bond donors (Lipinski definition) is 1. The van der Waals surface area contributed by atoms with Gasteiger partial charge in [0.2, 0.25) is 0 Å². The van der Waals surface area contributed by atoms with Crippen molar-refractivity contribution in [2.45, 2.75) is 77.2 Å². The van der Waals surface area contributed by atoms with Crippen molar-refractivity contribution in [3.8, 4) is 0 Å². The topological polar surface area (TPSA) is 12.0 Å². The van der Waals surface area contributed by atoms with Crippen LogP contribution in [0, 0.1) is 11.8 Å². The first kappa shape index (κ1) is 14.1. The molecule has 0 aromatic carbocycles. The van der Waals surface area contributed by atoms with Crippen molar-refractivity contribution in [2.75, 3.05) is 7.05 Å². The maximum Gasteiger partial charge on any atom is 0.0305 e. The summed E-state index contributed by atoms with van der Waals surface area (Å²) in [6.07, 6.45) is 16.7. The van der Waals surface area contributed by atoms with Gasteiger partial charge < -0.3 is 5.32 Å². The van der Waals surface area contributed by atoms with Gasteiger partial charge in [0.1, 0.15) is 0 Å². The first-order valence-corrected chi connectivity index (χ1v) is 8.17. The van der Waals surface area contributed by atoms with Crippen LogP contribution in [0.2, 0.25) is 0 Å². The fourth-order valence-corrected chi connectivity index (χ4v) is 4.01. The van der Waals surface area contributed by atoms with Gasteiger partial charge in [0, 0.05) is 6.04 Å². The van der Waals surface area contributed by atoms with E-state index in [2.05, 4.69) is 25.4 Å². The molecule has 3 unspecified atom stereocenters. The Hall–Kier alpha value is -0.300. The van der Waals surface area contributed by atoms with Gasteiger partial charge in [-0.05, 0) is 57.4 Å². The molecule has 104 valence electrons. The van der Waals surface area contributed by atoms with Crippen LogP contribution in [0.5, 0.6) is 0 Å². The van der Waals surface area contributed by atoms with E-state index in [1.54, 1.807) is 5.57 Å². The summed E-state index contributed by atoms with van der Waals surface area (Å²) in [5.41, 5.74) is 1.73. The molecular weight excluding hydrogens is 218 g/mol. The molecule has 0 amide bonds. The van der Waals surface area contributed by atoms with Gasteiger partial charge in [0.25, 0.3) is 0 Å². The van der Waals surface area contributed by atoms with Crippen molar-refractivity contribution in [1.29, 1.82) is 0 Å². The van der Waals surface area contributed by atoms with E-state index in [-0.39, 0.29) is 0 Å². The molecule has 3 atom stereocenters. The molecule has 18 heavy (non-hydrogen) atoms. The predicted octanol–water partition coefficient (Wildman–Crippen LogP) is 4.68. The minimum atomic E-state index is 0.672. The summed E-state index contributed by atoms with van der Waals surface area (Å²) < 4.78 is 0. The zero-order valence-corrected chi connectivity index (χ0v) is 12.4. The molecule has 0 aromatic rings. The van der Waals surface area contributed by atoms with Gasteiger partial charge in [-0.1, -0.05) is 44.3 Å². The van der Waals surface area contributed by atoms with E-state index in [1.165, 1.54) is 64.2 Å². The van der Waals surface area contributed by atoms with Crippen LogP contribution in [-0.2, 0) is 0 Å². The lowest BCUT2D eigenvalue weighted by molar-refractivity contribution is 0.242. The van der Waals surface area contributed by atoms with E-state index in [4.69, 9.17) is 0 Å². The highest BCUT2D eigenvalue weighted by atomic mass is 14.9. The number of hydrogen-bond acceptors (Lipinski definition) is 1. The first-order chi connectivity index (χ1) is 8.81. The Balaban J connectivity index is 2.01. The Morgan fingerprint density at radius 1 is 1.11 bits per heavy atom. The van der Waals surface area contributed by atoms with Gasteiger partial charge in [-0.2, -0.15) is 0 Å². The summed E-state index contributed by atoms with van der Waals surface area (Å²) in [6, 6.07) is 0.672. The average Bonchev–Trinajstić information content (AvgIpc) is 2.32. The first-order valence-electron chi connectivity index (χ1n) is 8.17. The molecule has 2 rings (SSSR count). The molecule has 0 spiro atoms. The maximum atomic E-state index is 3.64. The van der Waals surface area contributed by atoms with E-state index < -0.39 is 0 Å². The van der Waals surface area contributed by atoms with Gasteiger partial charge in [-0.25, -0.2) is 0 Å². The van der Waals surface area contributed by atoms with Crippen molar-refractivity contribution in [3.63, 3.8) is 0 Å². The minimum absolute atomic E-state index is 0.672. The van der Waals surface area contributed by atoms with Crippen LogP contribution in [0.1, 0.15) is 71.1 Å². The van der Waals surface area contributed by atoms with Crippen LogP contribution < -0.4 is 5.32 Å². The quantitative estimate of drug-likeness (QED) is 0.716. The SMILES string of the molecule is CNC(C1=CCCCCCC1)C1CCCC(C)C1. The van der Waals surface area contributed by atoms with Crippen molar-refractivity contribution in [1.82, 2.24) is 5.32 Å². The lowest BCUT2D eigenvalue weighted by atomic mass is 9.75. The summed E-state index contributed by atoms with van der Waals surface area (Å²) in [5, 5.41) is 3.64. The molecule has 2 aliphatic carbocycles. The van der Waals surface area contributed by atoms with Crippen molar-refractivity contribution in [3.05, 3.63) is 11.6 Å². The van der Waals surface area contributed by atoms with Crippen LogP contribution >= 0.6 is 0 Å². The van der Waals surface area contributed by atoms with Crippen LogP contribution in [-0.4, -0.2) is 13.1 Å². The van der Waals surface area contributed by atoms with Crippen LogP contribution in [0.4, 0.5) is 0 Å². The number of nitrogens with one attached hydrogen (secondary N) is 1. The van der Waals surface area contributed by atoms with Crippen LogP contribution in [0.25, 0.3) is 0 Å². The second-order valence-electron chi connectivity index (χ2n) is 6.53. The molecule has 1 saturated carbocycles. The largest absolute Gasteiger partial charge is 0.313 e. The summed E-state index contributed by atoms with van der Waals surface area (Å²) in [7, 11) is 2.17. The molecule has 0 bridgehead atoms.